The van der Waals surface area contributed by atoms with E-state index in [0.29, 0.717) is 38.6 Å². The molecule has 0 aromatic rings. The zero-order chi connectivity index (χ0) is 17.0. The molecule has 1 saturated heterocycles. The molecule has 1 aliphatic heterocycles. The van der Waals surface area contributed by atoms with Crippen LogP contribution in [0.3, 0.4) is 0 Å². The molecule has 0 radical (unpaired) electrons. The number of amides is 1. The Morgan fingerprint density at radius 2 is 1.96 bits per heavy atom. The minimum Gasteiger partial charge on any atom is -0.481 e. The fourth-order valence-corrected chi connectivity index (χ4v) is 5.26. The standard InChI is InChI=1S/C15H26N2O5S/c1-2-9-23(21,22)17-8-4-3-5-13(17)14(18)16-12-7-6-11(10-12)15(19)20/h11-13H,2-10H2,1H3,(H,16,18)(H,19,20)/t11-,12+,13?/m0/s1. The number of sulfonamides is 1. The first kappa shape index (κ1) is 18.2. The molecule has 8 heteroatoms. The predicted molar refractivity (Wildman–Crippen MR) is 85.3 cm³/mol. The van der Waals surface area contributed by atoms with Gasteiger partial charge in [-0.1, -0.05) is 13.3 Å². The van der Waals surface area contributed by atoms with Crippen molar-refractivity contribution in [3.63, 3.8) is 0 Å². The summed E-state index contributed by atoms with van der Waals surface area (Å²) >= 11 is 0. The van der Waals surface area contributed by atoms with Gasteiger partial charge in [0.2, 0.25) is 15.9 Å². The molecule has 0 spiro atoms. The minimum absolute atomic E-state index is 0.0568. The highest BCUT2D eigenvalue weighted by atomic mass is 32.2. The number of aliphatic carboxylic acids is 1. The fraction of sp³-hybridized carbons (Fsp3) is 0.867. The van der Waals surface area contributed by atoms with Crippen molar-refractivity contribution >= 4 is 21.9 Å². The number of rotatable bonds is 6. The SMILES string of the molecule is CCCS(=O)(=O)N1CCCCC1C(=O)N[C@@H]1CC[C@H](C(=O)O)C1. The van der Waals surface area contributed by atoms with Crippen molar-refractivity contribution in [1.29, 1.82) is 0 Å². The summed E-state index contributed by atoms with van der Waals surface area (Å²) in [4.78, 5) is 23.5. The van der Waals surface area contributed by atoms with Crippen LogP contribution in [0.25, 0.3) is 0 Å². The first-order valence-electron chi connectivity index (χ1n) is 8.38. The summed E-state index contributed by atoms with van der Waals surface area (Å²) in [7, 11) is -3.41. The highest BCUT2D eigenvalue weighted by Crippen LogP contribution is 2.27. The molecular weight excluding hydrogens is 320 g/mol. The van der Waals surface area contributed by atoms with Crippen LogP contribution in [0, 0.1) is 5.92 Å². The van der Waals surface area contributed by atoms with Gasteiger partial charge < -0.3 is 10.4 Å². The van der Waals surface area contributed by atoms with Gasteiger partial charge in [-0.2, -0.15) is 4.31 Å². The molecule has 0 bridgehead atoms. The van der Waals surface area contributed by atoms with Crippen LogP contribution in [0.4, 0.5) is 0 Å². The molecular formula is C15H26N2O5S. The highest BCUT2D eigenvalue weighted by molar-refractivity contribution is 7.89. The molecule has 1 saturated carbocycles. The second kappa shape index (κ2) is 7.61. The molecule has 1 heterocycles. The second-order valence-electron chi connectivity index (χ2n) is 6.49. The van der Waals surface area contributed by atoms with Crippen molar-refractivity contribution in [3.05, 3.63) is 0 Å². The summed E-state index contributed by atoms with van der Waals surface area (Å²) in [5.41, 5.74) is 0. The Bertz CT molecular complexity index is 548. The maximum atomic E-state index is 12.5. The molecule has 0 aromatic heterocycles. The molecule has 1 aliphatic carbocycles. The molecule has 2 rings (SSSR count). The Morgan fingerprint density at radius 1 is 1.22 bits per heavy atom. The molecule has 3 atom stereocenters. The number of carbonyl (C=O) groups excluding carboxylic acids is 1. The van der Waals surface area contributed by atoms with E-state index in [-0.39, 0.29) is 17.7 Å². The fourth-order valence-electron chi connectivity index (χ4n) is 3.51. The maximum Gasteiger partial charge on any atom is 0.306 e. The second-order valence-corrected chi connectivity index (χ2v) is 8.53. The largest absolute Gasteiger partial charge is 0.481 e. The number of hydrogen-bond acceptors (Lipinski definition) is 4. The normalized spacial score (nSPS) is 29.3. The average molecular weight is 346 g/mol. The monoisotopic (exact) mass is 346 g/mol. The van der Waals surface area contributed by atoms with Crippen LogP contribution in [-0.4, -0.2) is 54.1 Å². The van der Waals surface area contributed by atoms with Crippen LogP contribution in [0.5, 0.6) is 0 Å². The molecule has 1 unspecified atom stereocenters. The zero-order valence-electron chi connectivity index (χ0n) is 13.5. The first-order valence-corrected chi connectivity index (χ1v) is 9.98. The van der Waals surface area contributed by atoms with Crippen LogP contribution in [0.15, 0.2) is 0 Å². The molecule has 1 amide bonds. The number of piperidine rings is 1. The predicted octanol–water partition coefficient (Wildman–Crippen LogP) is 0.950. The Labute approximate surface area is 137 Å². The zero-order valence-corrected chi connectivity index (χ0v) is 14.3. The topological polar surface area (TPSA) is 104 Å². The van der Waals surface area contributed by atoms with Crippen molar-refractivity contribution in [3.8, 4) is 0 Å². The van der Waals surface area contributed by atoms with E-state index in [1.54, 1.807) is 6.92 Å². The number of nitrogens with one attached hydrogen (secondary N) is 1. The number of carbonyl (C=O) groups is 2. The van der Waals surface area contributed by atoms with E-state index in [4.69, 9.17) is 5.11 Å². The summed E-state index contributed by atoms with van der Waals surface area (Å²) in [5.74, 6) is -1.46. The van der Waals surface area contributed by atoms with Gasteiger partial charge in [0.25, 0.3) is 0 Å². The quantitative estimate of drug-likeness (QED) is 0.745. The highest BCUT2D eigenvalue weighted by Gasteiger charge is 2.38. The van der Waals surface area contributed by atoms with Gasteiger partial charge >= 0.3 is 5.97 Å². The van der Waals surface area contributed by atoms with Gasteiger partial charge in [0, 0.05) is 12.6 Å². The molecule has 2 fully saturated rings. The maximum absolute atomic E-state index is 12.5. The number of carboxylic acids is 1. The van der Waals surface area contributed by atoms with Crippen LogP contribution in [0.1, 0.15) is 51.9 Å². The van der Waals surface area contributed by atoms with Gasteiger partial charge in [-0.25, -0.2) is 8.42 Å². The lowest BCUT2D eigenvalue weighted by molar-refractivity contribution is -0.141. The smallest absolute Gasteiger partial charge is 0.306 e. The summed E-state index contributed by atoms with van der Waals surface area (Å²) in [6.45, 7) is 2.20. The van der Waals surface area contributed by atoms with Crippen molar-refractivity contribution < 1.29 is 23.1 Å². The molecule has 2 N–H and O–H groups in total. The van der Waals surface area contributed by atoms with Gasteiger partial charge in [-0.15, -0.1) is 0 Å². The van der Waals surface area contributed by atoms with Crippen molar-refractivity contribution in [1.82, 2.24) is 9.62 Å². The third-order valence-electron chi connectivity index (χ3n) is 4.70. The molecule has 2 aliphatic rings. The number of hydrogen-bond donors (Lipinski definition) is 2. The Hall–Kier alpha value is -1.15. The summed E-state index contributed by atoms with van der Waals surface area (Å²) in [6, 6.07) is -0.814. The van der Waals surface area contributed by atoms with Gasteiger partial charge in [-0.3, -0.25) is 9.59 Å². The summed E-state index contributed by atoms with van der Waals surface area (Å²) in [5, 5.41) is 11.9. The summed E-state index contributed by atoms with van der Waals surface area (Å²) < 4.78 is 26.0. The average Bonchev–Trinajstić information content (AvgIpc) is 2.96. The molecule has 132 valence electrons. The molecule has 23 heavy (non-hydrogen) atoms. The Morgan fingerprint density at radius 3 is 2.57 bits per heavy atom. The van der Waals surface area contributed by atoms with Crippen LogP contribution in [0.2, 0.25) is 0 Å². The Kier molecular flexibility index (Phi) is 6.02. The minimum atomic E-state index is -3.41. The van der Waals surface area contributed by atoms with Gasteiger partial charge in [-0.05, 0) is 38.5 Å². The van der Waals surface area contributed by atoms with Crippen LogP contribution >= 0.6 is 0 Å². The first-order chi connectivity index (χ1) is 10.8. The third-order valence-corrected chi connectivity index (χ3v) is 6.78. The van der Waals surface area contributed by atoms with Crippen molar-refractivity contribution in [2.24, 2.45) is 5.92 Å². The van der Waals surface area contributed by atoms with Crippen molar-refractivity contribution in [2.75, 3.05) is 12.3 Å². The van der Waals surface area contributed by atoms with Gasteiger partial charge in [0.15, 0.2) is 0 Å². The third kappa shape index (κ3) is 4.44. The number of nitrogens with zero attached hydrogens (tertiary/aromatic N) is 1. The van der Waals surface area contributed by atoms with Crippen LogP contribution in [-0.2, 0) is 19.6 Å². The molecule has 0 aromatic carbocycles. The van der Waals surface area contributed by atoms with Crippen molar-refractivity contribution in [2.45, 2.75) is 64.0 Å². The van der Waals surface area contributed by atoms with E-state index >= 15 is 0 Å². The molecule has 7 nitrogen and oxygen atoms in total. The number of carboxylic acid groups (broad SMARTS) is 1. The lowest BCUT2D eigenvalue weighted by Crippen LogP contribution is -2.53. The van der Waals surface area contributed by atoms with E-state index < -0.39 is 28.0 Å². The lowest BCUT2D eigenvalue weighted by atomic mass is 10.0. The van der Waals surface area contributed by atoms with E-state index in [2.05, 4.69) is 5.32 Å². The van der Waals surface area contributed by atoms with E-state index in [1.165, 1.54) is 4.31 Å². The van der Waals surface area contributed by atoms with Gasteiger partial charge in [0.05, 0.1) is 11.7 Å². The van der Waals surface area contributed by atoms with E-state index in [0.717, 1.165) is 12.8 Å². The van der Waals surface area contributed by atoms with E-state index in [1.807, 2.05) is 0 Å². The Balaban J connectivity index is 2.00. The van der Waals surface area contributed by atoms with Crippen LogP contribution < -0.4 is 5.32 Å². The van der Waals surface area contributed by atoms with Gasteiger partial charge in [0.1, 0.15) is 6.04 Å². The van der Waals surface area contributed by atoms with E-state index in [9.17, 15) is 18.0 Å². The lowest BCUT2D eigenvalue weighted by Gasteiger charge is -2.34. The summed E-state index contributed by atoms with van der Waals surface area (Å²) in [6.07, 6.45) is 4.28.